The molecule has 0 saturated carbocycles. The Balaban J connectivity index is 3.34. The molecule has 0 fully saturated rings. The van der Waals surface area contributed by atoms with Gasteiger partial charge in [-0.15, -0.1) is 0 Å². The molecular formula is C13H16O. The van der Waals surface area contributed by atoms with Crippen LogP contribution in [-0.4, -0.2) is 6.29 Å². The maximum absolute atomic E-state index is 11.0. The lowest BCUT2D eigenvalue weighted by atomic mass is 10.1. The Labute approximate surface area is 92.5 Å². The van der Waals surface area contributed by atoms with Gasteiger partial charge >= 0.3 is 0 Å². The molecule has 1 aromatic carbocycles. The molecule has 0 heterocycles. The fraction of sp³-hybridized carbons (Fsp3) is 0.308. The molecule has 1 rings (SSSR count). The maximum atomic E-state index is 11.0. The topological polar surface area (TPSA) is 17.1 Å². The predicted molar refractivity (Wildman–Crippen MR) is 60.0 cm³/mol. The summed E-state index contributed by atoms with van der Waals surface area (Å²) in [4.78, 5) is 11.0. The molecule has 0 radical (unpaired) electrons. The van der Waals surface area contributed by atoms with Gasteiger partial charge < -0.3 is 0 Å². The molecule has 74 valence electrons. The van der Waals surface area contributed by atoms with Crippen LogP contribution in [0.1, 0.15) is 38.6 Å². The summed E-state index contributed by atoms with van der Waals surface area (Å²) in [6, 6.07) is -1.74. The van der Waals surface area contributed by atoms with Crippen LogP contribution in [-0.2, 0) is 4.79 Å². The van der Waals surface area contributed by atoms with Crippen LogP contribution >= 0.6 is 0 Å². The van der Waals surface area contributed by atoms with Crippen molar-refractivity contribution in [2.75, 3.05) is 0 Å². The fourth-order valence-electron chi connectivity index (χ4n) is 1.06. The lowest BCUT2D eigenvalue weighted by Gasteiger charge is -1.98. The molecular weight excluding hydrogens is 172 g/mol. The number of hydrogen-bond acceptors (Lipinski definition) is 1. The molecule has 0 aliphatic rings. The number of aldehydes is 1. The zero-order chi connectivity index (χ0) is 14.6. The molecule has 0 amide bonds. The number of carbonyl (C=O) groups is 1. The van der Waals surface area contributed by atoms with Gasteiger partial charge in [0, 0.05) is 0 Å². The molecule has 0 atom stereocenters. The summed E-state index contributed by atoms with van der Waals surface area (Å²) in [5.41, 5.74) is 0.518. The van der Waals surface area contributed by atoms with E-state index in [1.807, 2.05) is 6.92 Å². The normalized spacial score (nSPS) is 16.4. The van der Waals surface area contributed by atoms with Crippen molar-refractivity contribution in [3.05, 3.63) is 41.3 Å². The van der Waals surface area contributed by atoms with Crippen LogP contribution in [0.4, 0.5) is 0 Å². The van der Waals surface area contributed by atoms with E-state index in [-0.39, 0.29) is 29.7 Å². The molecule has 1 nitrogen and oxygen atoms in total. The van der Waals surface area contributed by atoms with Crippen LogP contribution in [0.2, 0.25) is 0 Å². The zero-order valence-corrected chi connectivity index (χ0v) is 8.18. The Bertz CT molecular complexity index is 493. The Kier molecular flexibility index (Phi) is 2.41. The van der Waals surface area contributed by atoms with E-state index in [0.29, 0.717) is 18.3 Å². The highest BCUT2D eigenvalue weighted by Crippen LogP contribution is 2.10. The Morgan fingerprint density at radius 1 is 1.43 bits per heavy atom. The summed E-state index contributed by atoms with van der Waals surface area (Å²) in [6.45, 7) is 1.99. The van der Waals surface area contributed by atoms with Gasteiger partial charge in [-0.25, -0.2) is 0 Å². The van der Waals surface area contributed by atoms with Gasteiger partial charge in [0.2, 0.25) is 0 Å². The maximum Gasteiger partial charge on any atom is 0.146 e. The Hall–Kier alpha value is -1.37. The third kappa shape index (κ3) is 3.56. The molecule has 0 aliphatic heterocycles. The minimum atomic E-state index is -0.423. The van der Waals surface area contributed by atoms with Gasteiger partial charge in [-0.05, 0) is 30.1 Å². The van der Waals surface area contributed by atoms with Gasteiger partial charge in [0.15, 0.2) is 0 Å². The van der Waals surface area contributed by atoms with Gasteiger partial charge in [-0.2, -0.15) is 0 Å². The van der Waals surface area contributed by atoms with E-state index in [2.05, 4.69) is 0 Å². The summed E-state index contributed by atoms with van der Waals surface area (Å²) in [6.07, 6.45) is 4.36. The van der Waals surface area contributed by atoms with Crippen molar-refractivity contribution < 1.29 is 11.6 Å². The van der Waals surface area contributed by atoms with E-state index in [1.54, 1.807) is 0 Å². The molecule has 0 saturated heterocycles. The third-order valence-corrected chi connectivity index (χ3v) is 1.82. The van der Waals surface area contributed by atoms with Crippen molar-refractivity contribution in [1.29, 1.82) is 0 Å². The lowest BCUT2D eigenvalue weighted by molar-refractivity contribution is -0.105. The van der Waals surface area contributed by atoms with Gasteiger partial charge in [-0.3, -0.25) is 4.79 Å². The Morgan fingerprint density at radius 2 is 2.14 bits per heavy atom. The Morgan fingerprint density at radius 3 is 2.71 bits per heavy atom. The zero-order valence-electron chi connectivity index (χ0n) is 13.2. The summed E-state index contributed by atoms with van der Waals surface area (Å²) in [7, 11) is 0. The van der Waals surface area contributed by atoms with Crippen LogP contribution < -0.4 is 0 Å². The van der Waals surface area contributed by atoms with Crippen molar-refractivity contribution in [2.24, 2.45) is 0 Å². The molecule has 0 N–H and O–H groups in total. The molecule has 0 aliphatic carbocycles. The molecule has 14 heavy (non-hydrogen) atoms. The quantitative estimate of drug-likeness (QED) is 0.517. The highest BCUT2D eigenvalue weighted by molar-refractivity contribution is 5.81. The van der Waals surface area contributed by atoms with Gasteiger partial charge in [-0.1, -0.05) is 43.6 Å². The van der Waals surface area contributed by atoms with E-state index in [0.717, 1.165) is 12.8 Å². The largest absolute Gasteiger partial charge is 0.298 e. The smallest absolute Gasteiger partial charge is 0.146 e. The second-order valence-corrected chi connectivity index (χ2v) is 2.98. The number of rotatable bonds is 5. The van der Waals surface area contributed by atoms with Gasteiger partial charge in [0.1, 0.15) is 6.29 Å². The van der Waals surface area contributed by atoms with Crippen LogP contribution in [0.5, 0.6) is 0 Å². The van der Waals surface area contributed by atoms with Gasteiger partial charge in [0.25, 0.3) is 0 Å². The average Bonchev–Trinajstić information content (AvgIpc) is 2.42. The van der Waals surface area contributed by atoms with E-state index >= 15 is 0 Å². The first kappa shape index (κ1) is 5.50. The average molecular weight is 193 g/mol. The van der Waals surface area contributed by atoms with Crippen LogP contribution in [0.15, 0.2) is 35.8 Å². The van der Waals surface area contributed by atoms with Crippen molar-refractivity contribution in [1.82, 2.24) is 0 Å². The number of hydrogen-bond donors (Lipinski definition) is 0. The predicted octanol–water partition coefficient (Wildman–Crippen LogP) is 3.46. The van der Waals surface area contributed by atoms with Crippen LogP contribution in [0.25, 0.3) is 6.08 Å². The number of benzene rings is 1. The molecule has 0 aromatic heterocycles. The standard InChI is InChI=1S/C13H16O/c1-2-3-7-13(11-14)10-12-8-5-4-6-9-12/h4-6,8-11H,2-3,7H2,1H3/b13-10+/i4D,5D,6D,8D,9D. The molecule has 1 aromatic rings. The summed E-state index contributed by atoms with van der Waals surface area (Å²) >= 11 is 0. The minimum Gasteiger partial charge on any atom is -0.298 e. The highest BCUT2D eigenvalue weighted by Gasteiger charge is 1.95. The van der Waals surface area contributed by atoms with Crippen molar-refractivity contribution in [3.63, 3.8) is 0 Å². The van der Waals surface area contributed by atoms with Crippen molar-refractivity contribution in [2.45, 2.75) is 26.2 Å². The first-order chi connectivity index (χ1) is 8.93. The van der Waals surface area contributed by atoms with Gasteiger partial charge in [0.05, 0.1) is 6.85 Å². The summed E-state index contributed by atoms with van der Waals surface area (Å²) in [5, 5.41) is 0. The van der Waals surface area contributed by atoms with E-state index in [9.17, 15) is 4.79 Å². The van der Waals surface area contributed by atoms with Crippen molar-refractivity contribution >= 4 is 12.4 Å². The van der Waals surface area contributed by atoms with Crippen LogP contribution in [0, 0.1) is 0 Å². The number of allylic oxidation sites excluding steroid dienone is 1. The first-order valence-corrected chi connectivity index (χ1v) is 4.66. The summed E-state index contributed by atoms with van der Waals surface area (Å²) < 4.78 is 38.1. The molecule has 0 spiro atoms. The van der Waals surface area contributed by atoms with Crippen molar-refractivity contribution in [3.8, 4) is 0 Å². The first-order valence-electron chi connectivity index (χ1n) is 7.16. The van der Waals surface area contributed by atoms with Crippen LogP contribution in [0.3, 0.4) is 0 Å². The molecule has 0 bridgehead atoms. The fourth-order valence-corrected chi connectivity index (χ4v) is 1.06. The highest BCUT2D eigenvalue weighted by atomic mass is 16.1. The number of carbonyl (C=O) groups excluding carboxylic acids is 1. The van der Waals surface area contributed by atoms with E-state index < -0.39 is 6.04 Å². The van der Waals surface area contributed by atoms with E-state index in [1.165, 1.54) is 6.08 Å². The SMILES string of the molecule is [2H]c1c([2H])c([2H])c(/C=C(/C=O)CCCC)c([2H])c1[2H]. The summed E-state index contributed by atoms with van der Waals surface area (Å²) in [5.74, 6) is 0. The monoisotopic (exact) mass is 193 g/mol. The van der Waals surface area contributed by atoms with E-state index in [4.69, 9.17) is 6.85 Å². The molecule has 0 unspecified atom stereocenters. The number of unbranched alkanes of at least 4 members (excludes halogenated alkanes) is 1. The second-order valence-electron chi connectivity index (χ2n) is 2.98. The lowest BCUT2D eigenvalue weighted by Crippen LogP contribution is -1.85. The molecule has 1 heteroatoms. The third-order valence-electron chi connectivity index (χ3n) is 1.82. The minimum absolute atomic E-state index is 0.0733. The second kappa shape index (κ2) is 6.14.